The Morgan fingerprint density at radius 2 is 1.92 bits per heavy atom. The van der Waals surface area contributed by atoms with E-state index in [1.807, 2.05) is 20.8 Å². The molecule has 0 radical (unpaired) electrons. The highest BCUT2D eigenvalue weighted by atomic mass is 16.5. The lowest BCUT2D eigenvalue weighted by atomic mass is 9.61. The van der Waals surface area contributed by atoms with Crippen LogP contribution in [-0.4, -0.2) is 19.5 Å². The fourth-order valence-corrected chi connectivity index (χ4v) is 2.11. The van der Waals surface area contributed by atoms with Gasteiger partial charge in [-0.1, -0.05) is 27.2 Å². The second-order valence-corrected chi connectivity index (χ2v) is 5.15. The second-order valence-electron chi connectivity index (χ2n) is 5.15. The third-order valence-electron chi connectivity index (χ3n) is 2.89. The van der Waals surface area contributed by atoms with Gasteiger partial charge in [-0.2, -0.15) is 0 Å². The fourth-order valence-electron chi connectivity index (χ4n) is 2.11. The molecule has 13 heavy (non-hydrogen) atoms. The number of ketones is 1. The Hall–Kier alpha value is -0.370. The summed E-state index contributed by atoms with van der Waals surface area (Å²) in [7, 11) is 1.68. The van der Waals surface area contributed by atoms with Crippen molar-refractivity contribution < 1.29 is 9.53 Å². The van der Waals surface area contributed by atoms with Crippen LogP contribution in [0.25, 0.3) is 0 Å². The molecule has 1 rings (SSSR count). The maximum absolute atomic E-state index is 12.1. The number of rotatable bonds is 3. The summed E-state index contributed by atoms with van der Waals surface area (Å²) < 4.78 is 5.14. The number of ether oxygens (including phenoxy) is 1. The Kier molecular flexibility index (Phi) is 2.81. The lowest BCUT2D eigenvalue weighted by Crippen LogP contribution is -2.47. The van der Waals surface area contributed by atoms with Crippen LogP contribution < -0.4 is 0 Å². The molecular formula is C11H20O2. The molecule has 0 aromatic carbocycles. The van der Waals surface area contributed by atoms with Gasteiger partial charge in [0.25, 0.3) is 0 Å². The Morgan fingerprint density at radius 3 is 2.15 bits per heavy atom. The summed E-state index contributed by atoms with van der Waals surface area (Å²) in [5.74, 6) is 0.369. The van der Waals surface area contributed by atoms with E-state index in [1.165, 1.54) is 6.42 Å². The van der Waals surface area contributed by atoms with Crippen molar-refractivity contribution in [1.29, 1.82) is 0 Å². The minimum atomic E-state index is -0.223. The van der Waals surface area contributed by atoms with E-state index >= 15 is 0 Å². The second kappa shape index (κ2) is 3.41. The molecule has 76 valence electrons. The molecule has 1 aliphatic carbocycles. The Bertz CT molecular complexity index is 197. The first-order valence-corrected chi connectivity index (χ1v) is 4.96. The Balaban J connectivity index is 2.72. The number of carbonyl (C=O) groups excluding carboxylic acids is 1. The summed E-state index contributed by atoms with van der Waals surface area (Å²) in [5, 5.41) is 0. The minimum absolute atomic E-state index is 0.146. The maximum atomic E-state index is 12.1. The molecule has 0 N–H and O–H groups in total. The van der Waals surface area contributed by atoms with E-state index in [0.717, 1.165) is 12.8 Å². The first-order chi connectivity index (χ1) is 5.92. The number of carbonyl (C=O) groups is 1. The highest BCUT2D eigenvalue weighted by molar-refractivity contribution is 5.90. The van der Waals surface area contributed by atoms with Crippen molar-refractivity contribution in [3.63, 3.8) is 0 Å². The van der Waals surface area contributed by atoms with Gasteiger partial charge in [0.1, 0.15) is 5.78 Å². The number of hydrogen-bond donors (Lipinski definition) is 0. The minimum Gasteiger partial charge on any atom is -0.384 e. The van der Waals surface area contributed by atoms with Crippen LogP contribution in [-0.2, 0) is 9.53 Å². The summed E-state index contributed by atoms with van der Waals surface area (Å²) in [6, 6.07) is 0. The van der Waals surface area contributed by atoms with Crippen LogP contribution in [0.15, 0.2) is 0 Å². The van der Waals surface area contributed by atoms with Crippen molar-refractivity contribution in [2.45, 2.75) is 40.0 Å². The molecule has 0 bridgehead atoms. The Morgan fingerprint density at radius 1 is 1.38 bits per heavy atom. The summed E-state index contributed by atoms with van der Waals surface area (Å²) in [5.41, 5.74) is -0.369. The molecule has 0 aromatic heterocycles. The summed E-state index contributed by atoms with van der Waals surface area (Å²) in [6.07, 6.45) is 3.19. The highest BCUT2D eigenvalue weighted by Gasteiger charge is 2.47. The average molecular weight is 184 g/mol. The van der Waals surface area contributed by atoms with Crippen molar-refractivity contribution in [1.82, 2.24) is 0 Å². The van der Waals surface area contributed by atoms with E-state index in [0.29, 0.717) is 12.4 Å². The topological polar surface area (TPSA) is 26.3 Å². The van der Waals surface area contributed by atoms with Gasteiger partial charge in [-0.05, 0) is 12.8 Å². The van der Waals surface area contributed by atoms with E-state index in [9.17, 15) is 4.79 Å². The van der Waals surface area contributed by atoms with Gasteiger partial charge in [0.2, 0.25) is 0 Å². The first-order valence-electron chi connectivity index (χ1n) is 4.96. The zero-order valence-corrected chi connectivity index (χ0v) is 9.14. The van der Waals surface area contributed by atoms with Crippen LogP contribution in [0.5, 0.6) is 0 Å². The third-order valence-corrected chi connectivity index (χ3v) is 2.89. The van der Waals surface area contributed by atoms with Gasteiger partial charge in [-0.3, -0.25) is 4.79 Å². The molecule has 0 heterocycles. The standard InChI is InChI=1S/C11H20O2/c1-10(2,3)9(12)11(8-13-4)6-5-7-11/h5-8H2,1-4H3. The fraction of sp³-hybridized carbons (Fsp3) is 0.909. The molecule has 0 atom stereocenters. The molecule has 0 aromatic rings. The van der Waals surface area contributed by atoms with Crippen molar-refractivity contribution in [3.8, 4) is 0 Å². The van der Waals surface area contributed by atoms with Gasteiger partial charge in [-0.15, -0.1) is 0 Å². The van der Waals surface area contributed by atoms with Crippen molar-refractivity contribution in [2.75, 3.05) is 13.7 Å². The predicted octanol–water partition coefficient (Wildman–Crippen LogP) is 2.42. The first kappa shape index (κ1) is 10.7. The highest BCUT2D eigenvalue weighted by Crippen LogP contribution is 2.46. The predicted molar refractivity (Wildman–Crippen MR) is 52.6 cm³/mol. The van der Waals surface area contributed by atoms with Gasteiger partial charge in [0.05, 0.1) is 12.0 Å². The zero-order chi connectivity index (χ0) is 10.1. The number of methoxy groups -OCH3 is 1. The molecule has 1 fully saturated rings. The maximum Gasteiger partial charge on any atom is 0.146 e. The number of hydrogen-bond acceptors (Lipinski definition) is 2. The van der Waals surface area contributed by atoms with Crippen molar-refractivity contribution in [3.05, 3.63) is 0 Å². The molecule has 0 unspecified atom stereocenters. The van der Waals surface area contributed by atoms with Gasteiger partial charge in [0.15, 0.2) is 0 Å². The lowest BCUT2D eigenvalue weighted by molar-refractivity contribution is -0.146. The molecule has 2 nitrogen and oxygen atoms in total. The van der Waals surface area contributed by atoms with Crippen LogP contribution in [0.2, 0.25) is 0 Å². The van der Waals surface area contributed by atoms with Crippen LogP contribution in [0.3, 0.4) is 0 Å². The molecular weight excluding hydrogens is 164 g/mol. The lowest BCUT2D eigenvalue weighted by Gasteiger charge is -2.43. The Labute approximate surface area is 80.7 Å². The van der Waals surface area contributed by atoms with Crippen LogP contribution in [0.4, 0.5) is 0 Å². The van der Waals surface area contributed by atoms with Gasteiger partial charge in [0, 0.05) is 12.5 Å². The molecule has 2 heteroatoms. The SMILES string of the molecule is COCC1(C(=O)C(C)(C)C)CCC1. The smallest absolute Gasteiger partial charge is 0.146 e. The van der Waals surface area contributed by atoms with Gasteiger partial charge >= 0.3 is 0 Å². The zero-order valence-electron chi connectivity index (χ0n) is 9.14. The summed E-state index contributed by atoms with van der Waals surface area (Å²) in [6.45, 7) is 6.57. The average Bonchev–Trinajstić information content (AvgIpc) is 1.93. The normalized spacial score (nSPS) is 20.9. The summed E-state index contributed by atoms with van der Waals surface area (Å²) >= 11 is 0. The van der Waals surface area contributed by atoms with E-state index in [1.54, 1.807) is 7.11 Å². The summed E-state index contributed by atoms with van der Waals surface area (Å²) in [4.78, 5) is 12.1. The molecule has 0 saturated heterocycles. The van der Waals surface area contributed by atoms with Crippen LogP contribution in [0.1, 0.15) is 40.0 Å². The van der Waals surface area contributed by atoms with Crippen LogP contribution >= 0.6 is 0 Å². The quantitative estimate of drug-likeness (QED) is 0.673. The largest absolute Gasteiger partial charge is 0.384 e. The van der Waals surface area contributed by atoms with Gasteiger partial charge < -0.3 is 4.74 Å². The molecule has 0 spiro atoms. The monoisotopic (exact) mass is 184 g/mol. The van der Waals surface area contributed by atoms with E-state index in [2.05, 4.69) is 0 Å². The van der Waals surface area contributed by atoms with Crippen molar-refractivity contribution >= 4 is 5.78 Å². The molecule has 0 amide bonds. The van der Waals surface area contributed by atoms with E-state index in [-0.39, 0.29) is 10.8 Å². The molecule has 0 aliphatic heterocycles. The van der Waals surface area contributed by atoms with E-state index in [4.69, 9.17) is 4.74 Å². The third kappa shape index (κ3) is 1.93. The molecule has 1 saturated carbocycles. The van der Waals surface area contributed by atoms with Crippen LogP contribution in [0, 0.1) is 10.8 Å². The van der Waals surface area contributed by atoms with Gasteiger partial charge in [-0.25, -0.2) is 0 Å². The molecule has 1 aliphatic rings. The van der Waals surface area contributed by atoms with E-state index < -0.39 is 0 Å². The number of Topliss-reactive ketones (excluding diaryl/α,β-unsaturated/α-hetero) is 1. The van der Waals surface area contributed by atoms with Crippen molar-refractivity contribution in [2.24, 2.45) is 10.8 Å².